The minimum absolute atomic E-state index is 0.299. The molecular weight excluding hydrogens is 296 g/mol. The van der Waals surface area contributed by atoms with Gasteiger partial charge in [-0.15, -0.1) is 0 Å². The van der Waals surface area contributed by atoms with Crippen molar-refractivity contribution in [3.8, 4) is 6.07 Å². The Hall–Kier alpha value is -0.840. The SMILES string of the molecule is N#Cc1cnc(C(F)F)c(I)c1F. The minimum Gasteiger partial charge on any atom is -0.253 e. The standard InChI is InChI=1S/C7H2F3IN2/c8-4-3(1-12)2-13-6(5(4)11)7(9)10/h2,7H. The summed E-state index contributed by atoms with van der Waals surface area (Å²) in [6, 6.07) is 1.52. The number of nitriles is 1. The minimum atomic E-state index is -2.82. The van der Waals surface area contributed by atoms with E-state index in [0.717, 1.165) is 6.20 Å². The van der Waals surface area contributed by atoms with Crippen LogP contribution in [0.25, 0.3) is 0 Å². The summed E-state index contributed by atoms with van der Waals surface area (Å²) in [5.41, 5.74) is -0.953. The van der Waals surface area contributed by atoms with Crippen molar-refractivity contribution in [3.63, 3.8) is 0 Å². The molecule has 0 aliphatic rings. The Kier molecular flexibility index (Phi) is 3.08. The first-order valence-corrected chi connectivity index (χ1v) is 4.18. The van der Waals surface area contributed by atoms with Gasteiger partial charge in [0.15, 0.2) is 5.82 Å². The number of pyridine rings is 1. The van der Waals surface area contributed by atoms with Crippen LogP contribution >= 0.6 is 22.6 Å². The maximum atomic E-state index is 13.0. The number of alkyl halides is 2. The van der Waals surface area contributed by atoms with Crippen LogP contribution in [0.4, 0.5) is 13.2 Å². The van der Waals surface area contributed by atoms with Gasteiger partial charge in [-0.25, -0.2) is 13.2 Å². The third kappa shape index (κ3) is 1.91. The summed E-state index contributed by atoms with van der Waals surface area (Å²) in [4.78, 5) is 3.29. The summed E-state index contributed by atoms with van der Waals surface area (Å²) in [6.45, 7) is 0. The highest BCUT2D eigenvalue weighted by atomic mass is 127. The molecule has 0 fully saturated rings. The van der Waals surface area contributed by atoms with Crippen LogP contribution in [0.15, 0.2) is 6.20 Å². The average Bonchev–Trinajstić information content (AvgIpc) is 2.09. The number of hydrogen-bond acceptors (Lipinski definition) is 2. The maximum absolute atomic E-state index is 13.0. The van der Waals surface area contributed by atoms with Crippen molar-refractivity contribution in [1.82, 2.24) is 4.98 Å². The van der Waals surface area contributed by atoms with Gasteiger partial charge >= 0.3 is 0 Å². The first kappa shape index (κ1) is 10.2. The quantitative estimate of drug-likeness (QED) is 0.747. The van der Waals surface area contributed by atoms with Crippen LogP contribution in [0.3, 0.4) is 0 Å². The van der Waals surface area contributed by atoms with Crippen molar-refractivity contribution in [2.75, 3.05) is 0 Å². The van der Waals surface area contributed by atoms with Gasteiger partial charge in [0.05, 0.1) is 3.57 Å². The van der Waals surface area contributed by atoms with E-state index in [1.54, 1.807) is 0 Å². The molecular formula is C7H2F3IN2. The predicted molar refractivity (Wildman–Crippen MR) is 46.6 cm³/mol. The van der Waals surface area contributed by atoms with Crippen molar-refractivity contribution in [2.45, 2.75) is 6.43 Å². The van der Waals surface area contributed by atoms with Crippen LogP contribution in [0.5, 0.6) is 0 Å². The fourth-order valence-corrected chi connectivity index (χ4v) is 1.37. The highest BCUT2D eigenvalue weighted by Gasteiger charge is 2.18. The van der Waals surface area contributed by atoms with Crippen molar-refractivity contribution >= 4 is 22.6 Å². The monoisotopic (exact) mass is 298 g/mol. The molecule has 1 rings (SSSR count). The van der Waals surface area contributed by atoms with Crippen LogP contribution in [0.1, 0.15) is 17.7 Å². The van der Waals surface area contributed by atoms with E-state index in [1.807, 2.05) is 0 Å². The fourth-order valence-electron chi connectivity index (χ4n) is 0.708. The van der Waals surface area contributed by atoms with Gasteiger partial charge in [-0.05, 0) is 22.6 Å². The molecule has 13 heavy (non-hydrogen) atoms. The van der Waals surface area contributed by atoms with Gasteiger partial charge in [0, 0.05) is 6.20 Å². The molecule has 0 unspecified atom stereocenters. The molecule has 6 heteroatoms. The Bertz CT molecular complexity index is 373. The summed E-state index contributed by atoms with van der Waals surface area (Å²) >= 11 is 1.40. The van der Waals surface area contributed by atoms with Crippen molar-refractivity contribution in [1.29, 1.82) is 5.26 Å². The Morgan fingerprint density at radius 1 is 1.54 bits per heavy atom. The molecule has 2 nitrogen and oxygen atoms in total. The Balaban J connectivity index is 3.33. The van der Waals surface area contributed by atoms with Gasteiger partial charge in [0.1, 0.15) is 17.3 Å². The van der Waals surface area contributed by atoms with Gasteiger partial charge in [-0.2, -0.15) is 5.26 Å². The van der Waals surface area contributed by atoms with Crippen molar-refractivity contribution in [2.24, 2.45) is 0 Å². The molecule has 0 aliphatic heterocycles. The topological polar surface area (TPSA) is 36.7 Å². The molecule has 0 radical (unpaired) electrons. The number of hydrogen-bond donors (Lipinski definition) is 0. The van der Waals surface area contributed by atoms with E-state index in [0.29, 0.717) is 0 Å². The van der Waals surface area contributed by atoms with Gasteiger partial charge in [-0.3, -0.25) is 4.98 Å². The first-order valence-electron chi connectivity index (χ1n) is 3.10. The highest BCUT2D eigenvalue weighted by Crippen LogP contribution is 2.25. The zero-order valence-electron chi connectivity index (χ0n) is 6.06. The molecule has 0 N–H and O–H groups in total. The van der Waals surface area contributed by atoms with Crippen LogP contribution in [-0.2, 0) is 0 Å². The number of aromatic nitrogens is 1. The predicted octanol–water partition coefficient (Wildman–Crippen LogP) is 2.63. The number of nitrogens with zero attached hydrogens (tertiary/aromatic N) is 2. The summed E-state index contributed by atoms with van der Waals surface area (Å²) < 4.78 is 37.0. The molecule has 0 aliphatic carbocycles. The normalized spacial score (nSPS) is 10.2. The van der Waals surface area contributed by atoms with Gasteiger partial charge in [0.25, 0.3) is 6.43 Å². The molecule has 0 spiro atoms. The zero-order chi connectivity index (χ0) is 10.0. The van der Waals surface area contributed by atoms with Crippen molar-refractivity contribution in [3.05, 3.63) is 26.8 Å². The molecule has 1 aromatic heterocycles. The van der Waals surface area contributed by atoms with Crippen LogP contribution in [0, 0.1) is 20.7 Å². The zero-order valence-corrected chi connectivity index (χ0v) is 8.22. The van der Waals surface area contributed by atoms with E-state index in [9.17, 15) is 13.2 Å². The molecule has 1 aromatic rings. The summed E-state index contributed by atoms with van der Waals surface area (Å²) in [6.07, 6.45) is -2.02. The third-order valence-electron chi connectivity index (χ3n) is 1.31. The summed E-state index contributed by atoms with van der Waals surface area (Å²) in [7, 11) is 0. The van der Waals surface area contributed by atoms with Crippen LogP contribution < -0.4 is 0 Å². The maximum Gasteiger partial charge on any atom is 0.281 e. The van der Waals surface area contributed by atoms with E-state index >= 15 is 0 Å². The second-order valence-electron chi connectivity index (χ2n) is 2.10. The average molecular weight is 298 g/mol. The van der Waals surface area contributed by atoms with Gasteiger partial charge in [-0.1, -0.05) is 0 Å². The third-order valence-corrected chi connectivity index (χ3v) is 2.34. The second-order valence-corrected chi connectivity index (χ2v) is 3.18. The molecule has 68 valence electrons. The number of halogens is 4. The largest absolute Gasteiger partial charge is 0.281 e. The summed E-state index contributed by atoms with van der Waals surface area (Å²) in [5.74, 6) is -0.937. The molecule has 0 saturated carbocycles. The van der Waals surface area contributed by atoms with E-state index in [1.165, 1.54) is 28.7 Å². The van der Waals surface area contributed by atoms with Gasteiger partial charge < -0.3 is 0 Å². The Morgan fingerprint density at radius 2 is 2.15 bits per heavy atom. The van der Waals surface area contributed by atoms with Crippen LogP contribution in [0.2, 0.25) is 0 Å². The van der Waals surface area contributed by atoms with E-state index in [-0.39, 0.29) is 9.13 Å². The fraction of sp³-hybridized carbons (Fsp3) is 0.143. The highest BCUT2D eigenvalue weighted by molar-refractivity contribution is 14.1. The lowest BCUT2D eigenvalue weighted by Crippen LogP contribution is -2.00. The van der Waals surface area contributed by atoms with Gasteiger partial charge in [0.2, 0.25) is 0 Å². The number of rotatable bonds is 1. The smallest absolute Gasteiger partial charge is 0.253 e. The lowest BCUT2D eigenvalue weighted by Gasteiger charge is -2.03. The lowest BCUT2D eigenvalue weighted by molar-refractivity contribution is 0.144. The van der Waals surface area contributed by atoms with E-state index in [4.69, 9.17) is 5.26 Å². The molecule has 0 aromatic carbocycles. The second kappa shape index (κ2) is 3.91. The molecule has 0 saturated heterocycles. The van der Waals surface area contributed by atoms with Crippen molar-refractivity contribution < 1.29 is 13.2 Å². The Morgan fingerprint density at radius 3 is 2.62 bits per heavy atom. The van der Waals surface area contributed by atoms with E-state index < -0.39 is 17.9 Å². The lowest BCUT2D eigenvalue weighted by atomic mass is 10.2. The molecule has 0 bridgehead atoms. The summed E-state index contributed by atoms with van der Waals surface area (Å²) in [5, 5.41) is 8.35. The van der Waals surface area contributed by atoms with Crippen LogP contribution in [-0.4, -0.2) is 4.98 Å². The molecule has 0 atom stereocenters. The molecule has 0 amide bonds. The molecule has 1 heterocycles. The first-order chi connectivity index (χ1) is 6.07. The van der Waals surface area contributed by atoms with E-state index in [2.05, 4.69) is 4.98 Å². The Labute approximate surface area is 85.5 Å².